The first-order chi connectivity index (χ1) is 22.4. The topological polar surface area (TPSA) is 153 Å². The molecule has 0 fully saturated rings. The Hall–Kier alpha value is -2.81. The maximum absolute atomic E-state index is 13.0. The molecule has 1 N–H and O–H groups in total. The Balaban J connectivity index is 5.96. The Labute approximate surface area is 301 Å². The van der Waals surface area contributed by atoms with E-state index in [0.717, 1.165) is 0 Å². The number of esters is 5. The van der Waals surface area contributed by atoms with Gasteiger partial charge in [-0.2, -0.15) is 0 Å². The van der Waals surface area contributed by atoms with Crippen LogP contribution in [0.25, 0.3) is 0 Å². The van der Waals surface area contributed by atoms with E-state index in [1.54, 1.807) is 109 Å². The third-order valence-electron chi connectivity index (χ3n) is 5.85. The van der Waals surface area contributed by atoms with E-state index in [0.29, 0.717) is 26.2 Å². The Morgan fingerprint density at radius 2 is 0.620 bits per heavy atom. The second kappa shape index (κ2) is 20.3. The van der Waals surface area contributed by atoms with Crippen LogP contribution in [0.4, 0.5) is 0 Å². The zero-order valence-corrected chi connectivity index (χ0v) is 33.7. The van der Waals surface area contributed by atoms with Crippen molar-refractivity contribution in [2.45, 2.75) is 132 Å². The Morgan fingerprint density at radius 1 is 0.380 bits per heavy atom. The molecule has 0 bridgehead atoms. The van der Waals surface area contributed by atoms with E-state index in [9.17, 15) is 24.0 Å². The molecule has 0 aliphatic heterocycles. The summed E-state index contributed by atoms with van der Waals surface area (Å²) in [5.74, 6) is -2.24. The second-order valence-electron chi connectivity index (χ2n) is 17.4. The van der Waals surface area contributed by atoms with Crippen LogP contribution in [0, 0.1) is 0 Å². The molecule has 0 spiro atoms. The van der Waals surface area contributed by atoms with Gasteiger partial charge in [0.1, 0.15) is 28.0 Å². The molecule has 0 saturated heterocycles. The highest BCUT2D eigenvalue weighted by Gasteiger charge is 2.26. The highest BCUT2D eigenvalue weighted by Crippen LogP contribution is 2.12. The number of hydrogen-bond donors (Lipinski definition) is 1. The summed E-state index contributed by atoms with van der Waals surface area (Å²) in [4.78, 5) is 68.9. The van der Waals surface area contributed by atoms with Gasteiger partial charge in [0.25, 0.3) is 0 Å². The van der Waals surface area contributed by atoms with E-state index in [2.05, 4.69) is 5.32 Å². The lowest BCUT2D eigenvalue weighted by molar-refractivity contribution is -0.161. The predicted molar refractivity (Wildman–Crippen MR) is 191 cm³/mol. The number of hydrogen-bond acceptors (Lipinski definition) is 14. The first-order valence-corrected chi connectivity index (χ1v) is 17.4. The molecule has 0 heterocycles. The minimum atomic E-state index is -0.712. The normalized spacial score (nSPS) is 13.0. The average Bonchev–Trinajstić information content (AvgIpc) is 2.81. The zero-order valence-electron chi connectivity index (χ0n) is 33.7. The number of carbonyl (C=O) groups excluding carboxylic acids is 5. The van der Waals surface area contributed by atoms with Crippen LogP contribution >= 0.6 is 0 Å². The van der Waals surface area contributed by atoms with Gasteiger partial charge in [-0.15, -0.1) is 0 Å². The van der Waals surface area contributed by atoms with Crippen LogP contribution in [0.15, 0.2) is 0 Å². The summed E-state index contributed by atoms with van der Waals surface area (Å²) in [5, 5.41) is 3.06. The maximum Gasteiger partial charge on any atom is 0.320 e. The second-order valence-corrected chi connectivity index (χ2v) is 17.4. The van der Waals surface area contributed by atoms with E-state index in [4.69, 9.17) is 23.7 Å². The quantitative estimate of drug-likeness (QED) is 0.118. The Bertz CT molecular complexity index is 1060. The van der Waals surface area contributed by atoms with Crippen LogP contribution in [0.2, 0.25) is 0 Å². The summed E-state index contributed by atoms with van der Waals surface area (Å²) in [5.41, 5.74) is -3.40. The van der Waals surface area contributed by atoms with Crippen LogP contribution in [-0.2, 0) is 47.7 Å². The first kappa shape index (κ1) is 47.2. The molecular weight excluding hydrogens is 648 g/mol. The number of carbonyl (C=O) groups is 5. The molecular formula is C36H68N4O10. The minimum absolute atomic E-state index is 0.00739. The van der Waals surface area contributed by atoms with Crippen LogP contribution in [0.5, 0.6) is 0 Å². The highest BCUT2D eigenvalue weighted by molar-refractivity contribution is 5.75. The van der Waals surface area contributed by atoms with Gasteiger partial charge in [-0.1, -0.05) is 0 Å². The van der Waals surface area contributed by atoms with Crippen molar-refractivity contribution in [2.75, 3.05) is 72.0 Å². The lowest BCUT2D eigenvalue weighted by Gasteiger charge is -2.31. The highest BCUT2D eigenvalue weighted by atomic mass is 16.6. The number of rotatable bonds is 19. The molecule has 0 aromatic heterocycles. The Morgan fingerprint density at radius 3 is 0.920 bits per heavy atom. The lowest BCUT2D eigenvalue weighted by atomic mass is 10.2. The van der Waals surface area contributed by atoms with E-state index < -0.39 is 51.9 Å². The smallest absolute Gasteiger partial charge is 0.320 e. The molecule has 50 heavy (non-hydrogen) atoms. The monoisotopic (exact) mass is 716 g/mol. The molecule has 0 atom stereocenters. The molecule has 0 aromatic rings. The van der Waals surface area contributed by atoms with Crippen LogP contribution in [0.1, 0.15) is 104 Å². The van der Waals surface area contributed by atoms with Gasteiger partial charge in [0, 0.05) is 39.3 Å². The summed E-state index contributed by atoms with van der Waals surface area (Å²) in [6, 6.07) is 0. The van der Waals surface area contributed by atoms with Gasteiger partial charge in [-0.05, 0) is 104 Å². The third kappa shape index (κ3) is 29.0. The fourth-order valence-corrected chi connectivity index (χ4v) is 4.35. The number of ether oxygens (including phenoxy) is 5. The molecule has 0 rings (SSSR count). The van der Waals surface area contributed by atoms with Crippen LogP contribution < -0.4 is 5.32 Å². The molecule has 0 aliphatic rings. The standard InChI is InChI=1S/C36H68N4O10/c1-32(2,3)46-27(41)22-37-16-17-38(23-28(42)47-33(4,5)6)18-19-39(24-29(43)48-34(7,8)9)20-21-40(25-30(44)49-35(10,11)12)26-31(45)50-36(13,14)15/h37H,16-26H2,1-15H3. The lowest BCUT2D eigenvalue weighted by Crippen LogP contribution is -2.47. The largest absolute Gasteiger partial charge is 0.459 e. The molecule has 0 amide bonds. The maximum atomic E-state index is 13.0. The average molecular weight is 717 g/mol. The molecule has 0 saturated carbocycles. The number of nitrogens with one attached hydrogen (secondary N) is 1. The summed E-state index contributed by atoms with van der Waals surface area (Å²) in [6.45, 7) is 28.3. The zero-order chi connectivity index (χ0) is 39.1. The van der Waals surface area contributed by atoms with E-state index in [1.165, 1.54) is 0 Å². The SMILES string of the molecule is CC(C)(C)OC(=O)CNCCN(CCN(CCN(CC(=O)OC(C)(C)C)CC(=O)OC(C)(C)C)CC(=O)OC(C)(C)C)CC(=O)OC(C)(C)C. The van der Waals surface area contributed by atoms with Crippen molar-refractivity contribution in [2.24, 2.45) is 0 Å². The van der Waals surface area contributed by atoms with Crippen molar-refractivity contribution >= 4 is 29.8 Å². The Kier molecular flexibility index (Phi) is 19.1. The first-order valence-electron chi connectivity index (χ1n) is 17.4. The molecule has 0 aliphatic carbocycles. The van der Waals surface area contributed by atoms with Gasteiger partial charge < -0.3 is 29.0 Å². The van der Waals surface area contributed by atoms with Gasteiger partial charge in [0.05, 0.1) is 32.7 Å². The van der Waals surface area contributed by atoms with Crippen LogP contribution in [0.3, 0.4) is 0 Å². The van der Waals surface area contributed by atoms with E-state index in [1.807, 2.05) is 9.80 Å². The van der Waals surface area contributed by atoms with Crippen molar-refractivity contribution in [3.63, 3.8) is 0 Å². The fraction of sp³-hybridized carbons (Fsp3) is 0.861. The molecule has 14 heteroatoms. The summed E-state index contributed by atoms with van der Waals surface area (Å²) in [7, 11) is 0. The van der Waals surface area contributed by atoms with Crippen molar-refractivity contribution in [1.29, 1.82) is 0 Å². The van der Waals surface area contributed by atoms with E-state index in [-0.39, 0.29) is 51.8 Å². The number of nitrogens with zero attached hydrogens (tertiary/aromatic N) is 3. The van der Waals surface area contributed by atoms with Gasteiger partial charge in [0.15, 0.2) is 0 Å². The van der Waals surface area contributed by atoms with E-state index >= 15 is 0 Å². The van der Waals surface area contributed by atoms with Gasteiger partial charge >= 0.3 is 29.8 Å². The molecule has 292 valence electrons. The van der Waals surface area contributed by atoms with Gasteiger partial charge in [-0.3, -0.25) is 38.7 Å². The summed E-state index contributed by atoms with van der Waals surface area (Å²) >= 11 is 0. The van der Waals surface area contributed by atoms with Crippen molar-refractivity contribution in [1.82, 2.24) is 20.0 Å². The van der Waals surface area contributed by atoms with Crippen molar-refractivity contribution < 1.29 is 47.7 Å². The van der Waals surface area contributed by atoms with Crippen LogP contribution in [-0.4, -0.2) is 145 Å². The molecule has 0 radical (unpaired) electrons. The molecule has 0 unspecified atom stereocenters. The van der Waals surface area contributed by atoms with Gasteiger partial charge in [0.2, 0.25) is 0 Å². The fourth-order valence-electron chi connectivity index (χ4n) is 4.35. The minimum Gasteiger partial charge on any atom is -0.459 e. The van der Waals surface area contributed by atoms with Crippen molar-refractivity contribution in [3.05, 3.63) is 0 Å². The molecule has 14 nitrogen and oxygen atoms in total. The summed E-state index contributed by atoms with van der Waals surface area (Å²) < 4.78 is 27.5. The van der Waals surface area contributed by atoms with Crippen molar-refractivity contribution in [3.8, 4) is 0 Å². The third-order valence-corrected chi connectivity index (χ3v) is 5.85. The summed E-state index contributed by atoms with van der Waals surface area (Å²) in [6.07, 6.45) is 0. The molecule has 0 aromatic carbocycles. The predicted octanol–water partition coefficient (Wildman–Crippen LogP) is 3.19. The van der Waals surface area contributed by atoms with Gasteiger partial charge in [-0.25, -0.2) is 0 Å².